The fraction of sp³-hybridized carbons (Fsp3) is 0.261. The zero-order valence-electron chi connectivity index (χ0n) is 17.3. The predicted molar refractivity (Wildman–Crippen MR) is 114 cm³/mol. The van der Waals surface area contributed by atoms with Gasteiger partial charge >= 0.3 is 6.09 Å². The van der Waals surface area contributed by atoms with Crippen LogP contribution in [0.3, 0.4) is 0 Å². The zero-order chi connectivity index (χ0) is 22.0. The van der Waals surface area contributed by atoms with Gasteiger partial charge in [0.2, 0.25) is 5.91 Å². The first-order valence-electron chi connectivity index (χ1n) is 9.99. The average molecular weight is 422 g/mol. The van der Waals surface area contributed by atoms with Crippen molar-refractivity contribution >= 4 is 17.7 Å². The van der Waals surface area contributed by atoms with Gasteiger partial charge in [0.05, 0.1) is 31.5 Å². The molecule has 160 valence electrons. The number of benzene rings is 2. The second kappa shape index (κ2) is 8.59. The summed E-state index contributed by atoms with van der Waals surface area (Å²) in [6, 6.07) is 12.3. The van der Waals surface area contributed by atoms with E-state index in [1.165, 1.54) is 17.9 Å². The van der Waals surface area contributed by atoms with Crippen LogP contribution in [0, 0.1) is 12.7 Å². The fourth-order valence-corrected chi connectivity index (χ4v) is 3.53. The minimum absolute atomic E-state index is 0.198. The number of nitrogens with zero attached hydrogens (tertiary/aromatic N) is 3. The number of rotatable bonds is 6. The molecule has 8 heteroatoms. The molecule has 1 N–H and O–H groups in total. The van der Waals surface area contributed by atoms with E-state index in [0.29, 0.717) is 17.8 Å². The Bertz CT molecular complexity index is 1110. The van der Waals surface area contributed by atoms with Crippen molar-refractivity contribution in [3.05, 3.63) is 71.8 Å². The van der Waals surface area contributed by atoms with Gasteiger partial charge in [-0.15, -0.1) is 0 Å². The third-order valence-corrected chi connectivity index (χ3v) is 5.09. The summed E-state index contributed by atoms with van der Waals surface area (Å²) in [6.45, 7) is 4.51. The van der Waals surface area contributed by atoms with Crippen molar-refractivity contribution in [3.8, 4) is 11.1 Å². The van der Waals surface area contributed by atoms with Crippen LogP contribution >= 0.6 is 0 Å². The topological polar surface area (TPSA) is 76.5 Å². The minimum Gasteiger partial charge on any atom is -0.442 e. The highest BCUT2D eigenvalue weighted by Crippen LogP contribution is 2.29. The van der Waals surface area contributed by atoms with Gasteiger partial charge in [-0.2, -0.15) is 5.10 Å². The fourth-order valence-electron chi connectivity index (χ4n) is 3.53. The molecule has 4 rings (SSSR count). The predicted octanol–water partition coefficient (Wildman–Crippen LogP) is 3.51. The molecule has 0 radical (unpaired) electrons. The van der Waals surface area contributed by atoms with Crippen LogP contribution < -0.4 is 10.2 Å². The summed E-state index contributed by atoms with van der Waals surface area (Å²) >= 11 is 0. The van der Waals surface area contributed by atoms with Crippen molar-refractivity contribution in [2.24, 2.45) is 0 Å². The van der Waals surface area contributed by atoms with E-state index in [0.717, 1.165) is 16.7 Å². The number of hydrogen-bond donors (Lipinski definition) is 1. The third-order valence-electron chi connectivity index (χ3n) is 5.09. The Hall–Kier alpha value is -3.68. The summed E-state index contributed by atoms with van der Waals surface area (Å²) in [6.07, 6.45) is 2.76. The van der Waals surface area contributed by atoms with Crippen LogP contribution in [0.4, 0.5) is 14.9 Å². The molecule has 0 spiro atoms. The smallest absolute Gasteiger partial charge is 0.414 e. The lowest BCUT2D eigenvalue weighted by Gasteiger charge is -2.15. The van der Waals surface area contributed by atoms with E-state index in [1.54, 1.807) is 12.1 Å². The van der Waals surface area contributed by atoms with Gasteiger partial charge in [0.15, 0.2) is 0 Å². The van der Waals surface area contributed by atoms with E-state index < -0.39 is 18.0 Å². The zero-order valence-corrected chi connectivity index (χ0v) is 17.3. The highest BCUT2D eigenvalue weighted by molar-refractivity contribution is 5.90. The van der Waals surface area contributed by atoms with Crippen molar-refractivity contribution < 1.29 is 18.7 Å². The van der Waals surface area contributed by atoms with E-state index in [9.17, 15) is 14.0 Å². The maximum Gasteiger partial charge on any atom is 0.414 e. The number of nitrogens with one attached hydrogen (secondary N) is 1. The molecule has 0 saturated carbocycles. The highest BCUT2D eigenvalue weighted by atomic mass is 19.1. The Morgan fingerprint density at radius 2 is 2.03 bits per heavy atom. The van der Waals surface area contributed by atoms with E-state index in [1.807, 2.05) is 48.3 Å². The van der Waals surface area contributed by atoms with Crippen LogP contribution in [0.15, 0.2) is 54.9 Å². The summed E-state index contributed by atoms with van der Waals surface area (Å²) in [7, 11) is 0. The van der Waals surface area contributed by atoms with Crippen LogP contribution in [-0.2, 0) is 16.1 Å². The van der Waals surface area contributed by atoms with Gasteiger partial charge < -0.3 is 10.1 Å². The number of carbonyl (C=O) groups is 2. The molecule has 2 heterocycles. The number of halogens is 1. The summed E-state index contributed by atoms with van der Waals surface area (Å²) in [5.41, 5.74) is 3.78. The quantitative estimate of drug-likeness (QED) is 0.660. The standard InChI is InChI=1S/C23H23FN4O3/c1-15-10-26-27(12-15)13-17-3-5-18(6-4-17)21-8-7-19(9-22(21)24)28-14-20(31-23(28)30)11-25-16(2)29/h3-10,12,20H,11,13-14H2,1-2H3,(H,25,29). The molecule has 1 saturated heterocycles. The summed E-state index contributed by atoms with van der Waals surface area (Å²) in [5.74, 6) is -0.623. The van der Waals surface area contributed by atoms with E-state index in [2.05, 4.69) is 10.4 Å². The van der Waals surface area contributed by atoms with Crippen molar-refractivity contribution in [2.75, 3.05) is 18.0 Å². The SMILES string of the molecule is CC(=O)NCC1CN(c2ccc(-c3ccc(Cn4cc(C)cn4)cc3)c(F)c2)C(=O)O1. The van der Waals surface area contributed by atoms with Gasteiger partial charge in [-0.1, -0.05) is 24.3 Å². The molecule has 1 atom stereocenters. The molecule has 0 aliphatic carbocycles. The second-order valence-corrected chi connectivity index (χ2v) is 7.63. The van der Waals surface area contributed by atoms with Crippen LogP contribution in [0.5, 0.6) is 0 Å². The largest absolute Gasteiger partial charge is 0.442 e. The van der Waals surface area contributed by atoms with Crippen LogP contribution in [0.2, 0.25) is 0 Å². The average Bonchev–Trinajstić information content (AvgIpc) is 3.32. The second-order valence-electron chi connectivity index (χ2n) is 7.63. The van der Waals surface area contributed by atoms with Gasteiger partial charge in [0.1, 0.15) is 11.9 Å². The number of hydrogen-bond acceptors (Lipinski definition) is 4. The number of carbonyl (C=O) groups excluding carboxylic acids is 2. The molecule has 0 bridgehead atoms. The summed E-state index contributed by atoms with van der Waals surface area (Å²) in [4.78, 5) is 24.6. The number of cyclic esters (lactones) is 1. The van der Waals surface area contributed by atoms with Crippen molar-refractivity contribution in [3.63, 3.8) is 0 Å². The lowest BCUT2D eigenvalue weighted by atomic mass is 10.0. The summed E-state index contributed by atoms with van der Waals surface area (Å²) < 4.78 is 22.0. The Morgan fingerprint density at radius 1 is 1.26 bits per heavy atom. The Morgan fingerprint density at radius 3 is 2.68 bits per heavy atom. The van der Waals surface area contributed by atoms with Crippen LogP contribution in [0.1, 0.15) is 18.1 Å². The molecule has 3 aromatic rings. The van der Waals surface area contributed by atoms with Crippen molar-refractivity contribution in [1.29, 1.82) is 0 Å². The van der Waals surface area contributed by atoms with Gasteiger partial charge in [0, 0.05) is 18.7 Å². The molecule has 1 fully saturated rings. The number of ether oxygens (including phenoxy) is 1. The van der Waals surface area contributed by atoms with Gasteiger partial charge in [-0.05, 0) is 41.8 Å². The number of aryl methyl sites for hydroxylation is 1. The normalized spacial score (nSPS) is 15.8. The van der Waals surface area contributed by atoms with E-state index in [4.69, 9.17) is 4.74 Å². The first-order valence-corrected chi connectivity index (χ1v) is 9.99. The first-order chi connectivity index (χ1) is 14.9. The Labute approximate surface area is 179 Å². The monoisotopic (exact) mass is 422 g/mol. The molecule has 7 nitrogen and oxygen atoms in total. The lowest BCUT2D eigenvalue weighted by molar-refractivity contribution is -0.119. The molecule has 1 aromatic heterocycles. The molecule has 1 unspecified atom stereocenters. The van der Waals surface area contributed by atoms with E-state index >= 15 is 0 Å². The molecule has 1 aliphatic rings. The van der Waals surface area contributed by atoms with Crippen LogP contribution in [0.25, 0.3) is 11.1 Å². The van der Waals surface area contributed by atoms with Crippen molar-refractivity contribution in [2.45, 2.75) is 26.5 Å². The lowest BCUT2D eigenvalue weighted by Crippen LogP contribution is -2.33. The number of aromatic nitrogens is 2. The molecule has 1 aliphatic heterocycles. The third kappa shape index (κ3) is 4.74. The molecule has 2 aromatic carbocycles. The Balaban J connectivity index is 1.46. The van der Waals surface area contributed by atoms with Gasteiger partial charge in [-0.25, -0.2) is 9.18 Å². The number of amides is 2. The number of anilines is 1. The molecule has 31 heavy (non-hydrogen) atoms. The van der Waals surface area contributed by atoms with E-state index in [-0.39, 0.29) is 19.0 Å². The van der Waals surface area contributed by atoms with Gasteiger partial charge in [0.25, 0.3) is 0 Å². The Kier molecular flexibility index (Phi) is 5.70. The summed E-state index contributed by atoms with van der Waals surface area (Å²) in [5, 5.41) is 6.90. The van der Waals surface area contributed by atoms with Crippen LogP contribution in [-0.4, -0.2) is 41.0 Å². The molecular weight excluding hydrogens is 399 g/mol. The highest BCUT2D eigenvalue weighted by Gasteiger charge is 2.32. The molecule has 2 amide bonds. The van der Waals surface area contributed by atoms with Crippen molar-refractivity contribution in [1.82, 2.24) is 15.1 Å². The first kappa shape index (κ1) is 20.6. The minimum atomic E-state index is -0.555. The maximum absolute atomic E-state index is 14.9. The maximum atomic E-state index is 14.9. The van der Waals surface area contributed by atoms with Gasteiger partial charge in [-0.3, -0.25) is 14.4 Å². The molecular formula is C23H23FN4O3.